The Morgan fingerprint density at radius 3 is 2.57 bits per heavy atom. The van der Waals surface area contributed by atoms with Gasteiger partial charge < -0.3 is 4.74 Å². The molecule has 0 saturated heterocycles. The standard InChI is InChI=1S/C11H11O3/c1-3-11(13)14-10-7-5-4-6-9(10)8(2)12/h4-7H,2-3H2,1H3. The van der Waals surface area contributed by atoms with Crippen LogP contribution in [0, 0.1) is 6.92 Å². The number of hydrogen-bond acceptors (Lipinski definition) is 3. The van der Waals surface area contributed by atoms with Crippen molar-refractivity contribution in [2.45, 2.75) is 13.3 Å². The first-order valence-corrected chi connectivity index (χ1v) is 4.31. The van der Waals surface area contributed by atoms with Gasteiger partial charge in [0.2, 0.25) is 0 Å². The van der Waals surface area contributed by atoms with Gasteiger partial charge in [-0.3, -0.25) is 9.59 Å². The Kier molecular flexibility index (Phi) is 3.40. The molecule has 0 saturated carbocycles. The van der Waals surface area contributed by atoms with Crippen LogP contribution in [0.15, 0.2) is 24.3 Å². The largest absolute Gasteiger partial charge is 0.426 e. The predicted octanol–water partition coefficient (Wildman–Crippen LogP) is 2.02. The summed E-state index contributed by atoms with van der Waals surface area (Å²) in [6, 6.07) is 6.55. The minimum absolute atomic E-state index is 0.277. The lowest BCUT2D eigenvalue weighted by molar-refractivity contribution is -0.134. The molecule has 0 fully saturated rings. The van der Waals surface area contributed by atoms with Crippen LogP contribution >= 0.6 is 0 Å². The molecule has 0 N–H and O–H groups in total. The van der Waals surface area contributed by atoms with Gasteiger partial charge in [-0.15, -0.1) is 0 Å². The van der Waals surface area contributed by atoms with E-state index in [9.17, 15) is 9.59 Å². The molecular formula is C11H11O3. The molecule has 0 bridgehead atoms. The Morgan fingerprint density at radius 2 is 2.00 bits per heavy atom. The number of esters is 1. The topological polar surface area (TPSA) is 43.4 Å². The van der Waals surface area contributed by atoms with Crippen LogP contribution in [0.2, 0.25) is 0 Å². The molecule has 0 spiro atoms. The van der Waals surface area contributed by atoms with Gasteiger partial charge in [0.25, 0.3) is 0 Å². The summed E-state index contributed by atoms with van der Waals surface area (Å²) in [5, 5.41) is 0. The van der Waals surface area contributed by atoms with Gasteiger partial charge in [-0.25, -0.2) is 0 Å². The normalized spacial score (nSPS) is 9.57. The Hall–Kier alpha value is -1.64. The molecule has 0 amide bonds. The maximum absolute atomic E-state index is 11.0. The minimum Gasteiger partial charge on any atom is -0.426 e. The van der Waals surface area contributed by atoms with Gasteiger partial charge in [0.05, 0.1) is 5.56 Å². The van der Waals surface area contributed by atoms with Gasteiger partial charge in [-0.1, -0.05) is 19.1 Å². The number of benzene rings is 1. The van der Waals surface area contributed by atoms with E-state index in [0.29, 0.717) is 5.56 Å². The fourth-order valence-corrected chi connectivity index (χ4v) is 0.981. The molecule has 0 aliphatic heterocycles. The van der Waals surface area contributed by atoms with Crippen molar-refractivity contribution in [3.63, 3.8) is 0 Å². The Bertz CT molecular complexity index is 355. The Morgan fingerprint density at radius 1 is 1.36 bits per heavy atom. The summed E-state index contributed by atoms with van der Waals surface area (Å²) in [5.74, 6) is -0.442. The van der Waals surface area contributed by atoms with Crippen LogP contribution in [-0.4, -0.2) is 11.8 Å². The Balaban J connectivity index is 2.95. The van der Waals surface area contributed by atoms with E-state index in [0.717, 1.165) is 0 Å². The Labute approximate surface area is 82.7 Å². The van der Waals surface area contributed by atoms with Crippen molar-refractivity contribution in [2.24, 2.45) is 0 Å². The molecule has 1 aromatic carbocycles. The van der Waals surface area contributed by atoms with Crippen LogP contribution in [0.4, 0.5) is 0 Å². The summed E-state index contributed by atoms with van der Waals surface area (Å²) in [6.07, 6.45) is 0.277. The molecule has 73 valence electrons. The zero-order chi connectivity index (χ0) is 10.6. The highest BCUT2D eigenvalue weighted by Gasteiger charge is 2.09. The molecule has 0 aliphatic rings. The van der Waals surface area contributed by atoms with Gasteiger partial charge in [0.15, 0.2) is 5.78 Å². The van der Waals surface area contributed by atoms with Crippen molar-refractivity contribution in [1.82, 2.24) is 0 Å². The average Bonchev–Trinajstić information content (AvgIpc) is 2.18. The molecule has 0 atom stereocenters. The summed E-state index contributed by atoms with van der Waals surface area (Å²) in [6.45, 7) is 4.96. The van der Waals surface area contributed by atoms with Gasteiger partial charge in [-0.2, -0.15) is 0 Å². The summed E-state index contributed by atoms with van der Waals surface area (Å²) >= 11 is 0. The van der Waals surface area contributed by atoms with Crippen molar-refractivity contribution in [3.05, 3.63) is 36.8 Å². The summed E-state index contributed by atoms with van der Waals surface area (Å²) < 4.78 is 4.96. The highest BCUT2D eigenvalue weighted by atomic mass is 16.5. The zero-order valence-electron chi connectivity index (χ0n) is 7.95. The van der Waals surface area contributed by atoms with Crippen LogP contribution in [-0.2, 0) is 4.79 Å². The molecule has 3 heteroatoms. The first-order chi connectivity index (χ1) is 6.65. The number of carbonyl (C=O) groups excluding carboxylic acids is 2. The second kappa shape index (κ2) is 4.56. The molecule has 0 aliphatic carbocycles. The van der Waals surface area contributed by atoms with Gasteiger partial charge >= 0.3 is 5.97 Å². The molecule has 0 unspecified atom stereocenters. The van der Waals surface area contributed by atoms with Gasteiger partial charge in [-0.05, 0) is 12.1 Å². The zero-order valence-corrected chi connectivity index (χ0v) is 7.95. The number of rotatable bonds is 3. The maximum atomic E-state index is 11.0. The van der Waals surface area contributed by atoms with E-state index in [1.54, 1.807) is 31.2 Å². The third kappa shape index (κ3) is 2.42. The number of Topliss-reactive ketones (excluding diaryl/α,β-unsaturated/α-hetero) is 1. The minimum atomic E-state index is -0.362. The molecular weight excluding hydrogens is 180 g/mol. The van der Waals surface area contributed by atoms with E-state index < -0.39 is 0 Å². The van der Waals surface area contributed by atoms with E-state index in [-0.39, 0.29) is 23.9 Å². The van der Waals surface area contributed by atoms with Crippen molar-refractivity contribution in [1.29, 1.82) is 0 Å². The molecule has 3 nitrogen and oxygen atoms in total. The van der Waals surface area contributed by atoms with Crippen LogP contribution < -0.4 is 4.74 Å². The van der Waals surface area contributed by atoms with Crippen molar-refractivity contribution < 1.29 is 14.3 Å². The van der Waals surface area contributed by atoms with E-state index in [1.165, 1.54) is 0 Å². The fraction of sp³-hybridized carbons (Fsp3) is 0.182. The van der Waals surface area contributed by atoms with Crippen molar-refractivity contribution in [3.8, 4) is 5.75 Å². The number of ether oxygens (including phenoxy) is 1. The lowest BCUT2D eigenvalue weighted by Gasteiger charge is -2.05. The number of ketones is 1. The predicted molar refractivity (Wildman–Crippen MR) is 52.1 cm³/mol. The van der Waals surface area contributed by atoms with E-state index in [2.05, 4.69) is 6.92 Å². The molecule has 1 aromatic rings. The molecule has 0 heterocycles. The first-order valence-electron chi connectivity index (χ1n) is 4.31. The van der Waals surface area contributed by atoms with Crippen LogP contribution in [0.25, 0.3) is 0 Å². The number of carbonyl (C=O) groups is 2. The smallest absolute Gasteiger partial charge is 0.310 e. The summed E-state index contributed by atoms with van der Waals surface area (Å²) in [4.78, 5) is 22.0. The first kappa shape index (κ1) is 10.4. The van der Waals surface area contributed by atoms with Crippen molar-refractivity contribution >= 4 is 11.8 Å². The highest BCUT2D eigenvalue weighted by molar-refractivity contribution is 6.02. The third-order valence-corrected chi connectivity index (χ3v) is 1.70. The van der Waals surface area contributed by atoms with Gasteiger partial charge in [0, 0.05) is 13.3 Å². The van der Waals surface area contributed by atoms with Crippen molar-refractivity contribution in [2.75, 3.05) is 0 Å². The maximum Gasteiger partial charge on any atom is 0.310 e. The average molecular weight is 191 g/mol. The molecule has 1 radical (unpaired) electrons. The molecule has 1 rings (SSSR count). The summed E-state index contributed by atoms with van der Waals surface area (Å²) in [5.41, 5.74) is 0.328. The molecule has 0 aromatic heterocycles. The number of hydrogen-bond donors (Lipinski definition) is 0. The van der Waals surface area contributed by atoms with Gasteiger partial charge in [0.1, 0.15) is 5.75 Å². The number of para-hydroxylation sites is 1. The fourth-order valence-electron chi connectivity index (χ4n) is 0.981. The van der Waals surface area contributed by atoms with Crippen LogP contribution in [0.3, 0.4) is 0 Å². The van der Waals surface area contributed by atoms with Crippen LogP contribution in [0.1, 0.15) is 23.7 Å². The second-order valence-electron chi connectivity index (χ2n) is 2.75. The highest BCUT2D eigenvalue weighted by Crippen LogP contribution is 2.18. The summed E-state index contributed by atoms with van der Waals surface area (Å²) in [7, 11) is 0. The monoisotopic (exact) mass is 191 g/mol. The second-order valence-corrected chi connectivity index (χ2v) is 2.75. The molecule has 14 heavy (non-hydrogen) atoms. The van der Waals surface area contributed by atoms with Crippen LogP contribution in [0.5, 0.6) is 5.75 Å². The SMILES string of the molecule is [CH2]C(=O)c1ccccc1OC(=O)CC. The lowest BCUT2D eigenvalue weighted by atomic mass is 10.1. The lowest BCUT2D eigenvalue weighted by Crippen LogP contribution is -2.08. The quantitative estimate of drug-likeness (QED) is 0.417. The van der Waals surface area contributed by atoms with E-state index in [4.69, 9.17) is 4.74 Å². The third-order valence-electron chi connectivity index (χ3n) is 1.70. The van der Waals surface area contributed by atoms with E-state index in [1.807, 2.05) is 0 Å². The van der Waals surface area contributed by atoms with E-state index >= 15 is 0 Å².